The number of nitrogens with one attached hydrogen (secondary N) is 2. The van der Waals surface area contributed by atoms with Gasteiger partial charge in [-0.3, -0.25) is 19.7 Å². The first kappa shape index (κ1) is 19.4. The van der Waals surface area contributed by atoms with E-state index < -0.39 is 6.04 Å². The predicted molar refractivity (Wildman–Crippen MR) is 114 cm³/mol. The molecule has 7 nitrogen and oxygen atoms in total. The lowest BCUT2D eigenvalue weighted by Crippen LogP contribution is -2.64. The summed E-state index contributed by atoms with van der Waals surface area (Å²) < 4.78 is 0. The number of fused-ring (bicyclic) bond motifs is 1. The third-order valence-electron chi connectivity index (χ3n) is 8.44. The summed E-state index contributed by atoms with van der Waals surface area (Å²) >= 11 is 0. The molecular weight excluding hydrogens is 392 g/mol. The van der Waals surface area contributed by atoms with Gasteiger partial charge in [0.1, 0.15) is 6.04 Å². The summed E-state index contributed by atoms with van der Waals surface area (Å²) in [5.74, 6) is -0.725. The van der Waals surface area contributed by atoms with Crippen LogP contribution in [0.4, 0.5) is 0 Å². The Morgan fingerprint density at radius 3 is 2.55 bits per heavy atom. The maximum atomic E-state index is 13.0. The van der Waals surface area contributed by atoms with E-state index in [1.54, 1.807) is 4.90 Å². The molecule has 3 saturated carbocycles. The van der Waals surface area contributed by atoms with Gasteiger partial charge in [-0.25, -0.2) is 0 Å². The molecule has 1 saturated heterocycles. The van der Waals surface area contributed by atoms with Crippen LogP contribution < -0.4 is 16.4 Å². The van der Waals surface area contributed by atoms with Gasteiger partial charge in [-0.15, -0.1) is 0 Å². The van der Waals surface area contributed by atoms with Crippen LogP contribution in [0.25, 0.3) is 0 Å². The van der Waals surface area contributed by atoms with Crippen LogP contribution in [0.5, 0.6) is 0 Å². The van der Waals surface area contributed by atoms with Crippen LogP contribution in [0, 0.1) is 10.8 Å². The second-order valence-corrected chi connectivity index (χ2v) is 10.9. The van der Waals surface area contributed by atoms with Gasteiger partial charge in [0, 0.05) is 37.2 Å². The van der Waals surface area contributed by atoms with E-state index in [9.17, 15) is 14.4 Å². The molecule has 4 N–H and O–H groups in total. The van der Waals surface area contributed by atoms with Gasteiger partial charge in [-0.1, -0.05) is 12.1 Å². The summed E-state index contributed by atoms with van der Waals surface area (Å²) in [6, 6.07) is 6.51. The van der Waals surface area contributed by atoms with Crippen LogP contribution in [0.3, 0.4) is 0 Å². The summed E-state index contributed by atoms with van der Waals surface area (Å²) in [6.45, 7) is 1.19. The van der Waals surface area contributed by atoms with Crippen molar-refractivity contribution in [2.75, 3.05) is 0 Å². The van der Waals surface area contributed by atoms with Crippen LogP contribution in [-0.2, 0) is 22.7 Å². The van der Waals surface area contributed by atoms with Gasteiger partial charge in [0.15, 0.2) is 0 Å². The van der Waals surface area contributed by atoms with Crippen molar-refractivity contribution in [2.45, 2.75) is 82.6 Å². The first-order valence-electron chi connectivity index (χ1n) is 11.6. The van der Waals surface area contributed by atoms with Gasteiger partial charge in [-0.2, -0.15) is 0 Å². The highest BCUT2D eigenvalue weighted by Gasteiger charge is 2.63. The number of imide groups is 1. The number of piperidine rings is 1. The van der Waals surface area contributed by atoms with Crippen molar-refractivity contribution in [1.82, 2.24) is 15.5 Å². The summed E-state index contributed by atoms with van der Waals surface area (Å²) in [6.07, 6.45) is 8.40. The Bertz CT molecular complexity index is 967. The summed E-state index contributed by atoms with van der Waals surface area (Å²) in [4.78, 5) is 38.2. The molecule has 164 valence electrons. The molecule has 4 fully saturated rings. The minimum atomic E-state index is -0.554. The quantitative estimate of drug-likeness (QED) is 0.639. The topological polar surface area (TPSA) is 105 Å². The van der Waals surface area contributed by atoms with E-state index in [0.29, 0.717) is 41.4 Å². The van der Waals surface area contributed by atoms with E-state index in [0.717, 1.165) is 17.7 Å². The fourth-order valence-electron chi connectivity index (χ4n) is 7.27. The Hall–Kier alpha value is -2.25. The molecule has 5 aliphatic rings. The summed E-state index contributed by atoms with van der Waals surface area (Å²) in [5.41, 5.74) is 9.92. The van der Waals surface area contributed by atoms with E-state index in [1.807, 2.05) is 12.1 Å². The molecule has 31 heavy (non-hydrogen) atoms. The highest BCUT2D eigenvalue weighted by Crippen LogP contribution is 2.70. The number of hydrogen-bond donors (Lipinski definition) is 3. The standard InChI is InChI=1S/C24H30N4O3/c25-16-6-23(7-16)12-24(13-23)8-17(9-24)26-10-14-1-2-15-11-28(22(31)18(15)5-14)19-3-4-20(29)27-21(19)30/h1-2,5,16-17,19,26H,3-4,6-13,25H2,(H,27,29,30). The lowest BCUT2D eigenvalue weighted by Gasteiger charge is -2.68. The van der Waals surface area contributed by atoms with Crippen molar-refractivity contribution in [2.24, 2.45) is 16.6 Å². The van der Waals surface area contributed by atoms with Crippen LogP contribution in [-0.4, -0.2) is 40.7 Å². The molecule has 2 spiro atoms. The van der Waals surface area contributed by atoms with Gasteiger partial charge in [0.25, 0.3) is 5.91 Å². The molecule has 3 aliphatic carbocycles. The number of hydrogen-bond acceptors (Lipinski definition) is 5. The lowest BCUT2D eigenvalue weighted by molar-refractivity contribution is -0.157. The van der Waals surface area contributed by atoms with E-state index >= 15 is 0 Å². The Labute approximate surface area is 182 Å². The second-order valence-electron chi connectivity index (χ2n) is 10.9. The Balaban J connectivity index is 1.03. The van der Waals surface area contributed by atoms with Gasteiger partial charge in [0.05, 0.1) is 0 Å². The number of carbonyl (C=O) groups is 3. The van der Waals surface area contributed by atoms with Gasteiger partial charge in [-0.05, 0) is 73.0 Å². The van der Waals surface area contributed by atoms with Crippen molar-refractivity contribution in [1.29, 1.82) is 0 Å². The highest BCUT2D eigenvalue weighted by atomic mass is 16.2. The van der Waals surface area contributed by atoms with Gasteiger partial charge < -0.3 is 16.0 Å². The number of rotatable bonds is 4. The molecule has 1 aromatic rings. The fraction of sp³-hybridized carbons (Fsp3) is 0.625. The molecule has 0 bridgehead atoms. The highest BCUT2D eigenvalue weighted by molar-refractivity contribution is 6.05. The number of benzene rings is 1. The molecule has 1 atom stereocenters. The Morgan fingerprint density at radius 1 is 1.10 bits per heavy atom. The maximum Gasteiger partial charge on any atom is 0.255 e. The largest absolute Gasteiger partial charge is 0.328 e. The summed E-state index contributed by atoms with van der Waals surface area (Å²) in [7, 11) is 0. The Morgan fingerprint density at radius 2 is 1.84 bits per heavy atom. The van der Waals surface area contributed by atoms with E-state index in [1.165, 1.54) is 38.5 Å². The fourth-order valence-corrected chi connectivity index (χ4v) is 7.27. The van der Waals surface area contributed by atoms with Crippen molar-refractivity contribution in [3.05, 3.63) is 34.9 Å². The normalized spacial score (nSPS) is 38.5. The van der Waals surface area contributed by atoms with Crippen molar-refractivity contribution in [3.63, 3.8) is 0 Å². The van der Waals surface area contributed by atoms with Crippen LogP contribution in [0.1, 0.15) is 72.9 Å². The van der Waals surface area contributed by atoms with Gasteiger partial charge in [0.2, 0.25) is 11.8 Å². The minimum absolute atomic E-state index is 0.104. The molecule has 2 heterocycles. The third kappa shape index (κ3) is 3.12. The van der Waals surface area contributed by atoms with Crippen molar-refractivity contribution >= 4 is 17.7 Å². The van der Waals surface area contributed by atoms with Crippen molar-refractivity contribution in [3.8, 4) is 0 Å². The summed E-state index contributed by atoms with van der Waals surface area (Å²) in [5, 5.41) is 6.03. The average Bonchev–Trinajstić information content (AvgIpc) is 2.97. The zero-order valence-electron chi connectivity index (χ0n) is 17.8. The van der Waals surface area contributed by atoms with Gasteiger partial charge >= 0.3 is 0 Å². The first-order valence-corrected chi connectivity index (χ1v) is 11.6. The smallest absolute Gasteiger partial charge is 0.255 e. The van der Waals surface area contributed by atoms with E-state index in [-0.39, 0.29) is 24.1 Å². The second kappa shape index (κ2) is 6.62. The zero-order valence-corrected chi connectivity index (χ0v) is 17.8. The SMILES string of the molecule is NC1CC2(C1)CC1(CC(NCc3ccc4c(c3)C(=O)N(C3CCC(=O)NC3=O)C4)C1)C2. The number of nitrogens with zero attached hydrogens (tertiary/aromatic N) is 1. The molecule has 1 unspecified atom stereocenters. The number of nitrogens with two attached hydrogens (primary N) is 1. The van der Waals surface area contributed by atoms with Crippen molar-refractivity contribution < 1.29 is 14.4 Å². The molecule has 7 heteroatoms. The lowest BCUT2D eigenvalue weighted by atomic mass is 9.38. The third-order valence-corrected chi connectivity index (χ3v) is 8.44. The van der Waals surface area contributed by atoms with E-state index in [4.69, 9.17) is 5.73 Å². The van der Waals surface area contributed by atoms with Crippen LogP contribution in [0.2, 0.25) is 0 Å². The monoisotopic (exact) mass is 422 g/mol. The molecule has 1 aromatic carbocycles. The average molecular weight is 423 g/mol. The van der Waals surface area contributed by atoms with Crippen LogP contribution >= 0.6 is 0 Å². The number of carbonyl (C=O) groups excluding carboxylic acids is 3. The molecule has 2 aliphatic heterocycles. The Kier molecular flexibility index (Phi) is 4.15. The molecule has 3 amide bonds. The minimum Gasteiger partial charge on any atom is -0.328 e. The molecule has 0 aromatic heterocycles. The first-order chi connectivity index (χ1) is 14.8. The van der Waals surface area contributed by atoms with E-state index in [2.05, 4.69) is 16.7 Å². The number of amides is 3. The molecule has 6 rings (SSSR count). The van der Waals surface area contributed by atoms with Crippen LogP contribution in [0.15, 0.2) is 18.2 Å². The predicted octanol–water partition coefficient (Wildman–Crippen LogP) is 1.59. The molecule has 0 radical (unpaired) electrons. The molecular formula is C24H30N4O3. The zero-order chi connectivity index (χ0) is 21.4. The maximum absolute atomic E-state index is 13.0.